The molecule has 0 saturated carbocycles. The summed E-state index contributed by atoms with van der Waals surface area (Å²) < 4.78 is 0. The molecule has 124 valence electrons. The zero-order valence-electron chi connectivity index (χ0n) is 14.1. The van der Waals surface area contributed by atoms with Crippen molar-refractivity contribution >= 4 is 5.57 Å². The Morgan fingerprint density at radius 3 is 2.67 bits per heavy atom. The number of aromatic amines is 1. The normalized spacial score (nSPS) is 16.6. The maximum absolute atomic E-state index is 4.98. The molecule has 1 fully saturated rings. The van der Waals surface area contributed by atoms with Crippen molar-refractivity contribution < 1.29 is 0 Å². The predicted octanol–water partition coefficient (Wildman–Crippen LogP) is 4.08. The molecule has 1 aliphatic rings. The molecule has 4 nitrogen and oxygen atoms in total. The highest BCUT2D eigenvalue weighted by atomic mass is 15.0. The van der Waals surface area contributed by atoms with E-state index in [1.807, 2.05) is 49.7 Å². The predicted molar refractivity (Wildman–Crippen MR) is 99.7 cm³/mol. The number of rotatable bonds is 5. The number of hydrogen-bond acceptors (Lipinski definition) is 3. The van der Waals surface area contributed by atoms with E-state index in [-0.39, 0.29) is 0 Å². The van der Waals surface area contributed by atoms with Gasteiger partial charge in [0, 0.05) is 29.4 Å². The lowest BCUT2D eigenvalue weighted by molar-refractivity contribution is 0.447. The Kier molecular flexibility index (Phi) is 5.39. The largest absolute Gasteiger partial charge is 0.341 e. The minimum absolute atomic E-state index is 0.483. The van der Waals surface area contributed by atoms with Gasteiger partial charge in [0.2, 0.25) is 0 Å². The fourth-order valence-corrected chi connectivity index (χ4v) is 3.14. The second kappa shape index (κ2) is 7.88. The molecule has 0 unspecified atom stereocenters. The number of piperidine rings is 1. The summed E-state index contributed by atoms with van der Waals surface area (Å²) in [6.07, 6.45) is 13.8. The SMILES string of the molecule is C=C/C=C(\C=C/C)c1nc(C2CCNCC2)[nH]c1-c1ccncc1. The van der Waals surface area contributed by atoms with Gasteiger partial charge in [-0.2, -0.15) is 0 Å². The number of imidazole rings is 1. The summed E-state index contributed by atoms with van der Waals surface area (Å²) in [5.74, 6) is 1.56. The second-order valence-electron chi connectivity index (χ2n) is 5.96. The first-order chi connectivity index (χ1) is 11.8. The Morgan fingerprint density at radius 1 is 1.25 bits per heavy atom. The van der Waals surface area contributed by atoms with Gasteiger partial charge in [-0.25, -0.2) is 4.98 Å². The molecule has 0 aliphatic carbocycles. The summed E-state index contributed by atoms with van der Waals surface area (Å²) in [5, 5.41) is 3.42. The fraction of sp³-hybridized carbons (Fsp3) is 0.300. The van der Waals surface area contributed by atoms with Crippen LogP contribution in [0.15, 0.2) is 55.4 Å². The maximum Gasteiger partial charge on any atom is 0.110 e. The molecule has 2 aromatic rings. The van der Waals surface area contributed by atoms with Crippen LogP contribution >= 0.6 is 0 Å². The fourth-order valence-electron chi connectivity index (χ4n) is 3.14. The topological polar surface area (TPSA) is 53.6 Å². The van der Waals surface area contributed by atoms with Crippen LogP contribution in [0.4, 0.5) is 0 Å². The standard InChI is InChI=1S/C20H24N4/c1-3-5-15(6-4-2)18-19(16-7-11-21-12-8-16)24-20(23-18)17-9-13-22-14-10-17/h3-8,11-12,17,22H,1,9-10,13-14H2,2H3,(H,23,24)/b6-4-,15-5+. The summed E-state index contributed by atoms with van der Waals surface area (Å²) >= 11 is 0. The van der Waals surface area contributed by atoms with E-state index in [2.05, 4.69) is 27.9 Å². The van der Waals surface area contributed by atoms with E-state index in [1.165, 1.54) is 0 Å². The van der Waals surface area contributed by atoms with E-state index in [4.69, 9.17) is 4.98 Å². The molecule has 0 aromatic carbocycles. The zero-order chi connectivity index (χ0) is 16.8. The van der Waals surface area contributed by atoms with Crippen molar-refractivity contribution in [3.8, 4) is 11.3 Å². The second-order valence-corrected chi connectivity index (χ2v) is 5.96. The number of hydrogen-bond donors (Lipinski definition) is 2. The average molecular weight is 320 g/mol. The van der Waals surface area contributed by atoms with Crippen molar-refractivity contribution in [2.24, 2.45) is 0 Å². The van der Waals surface area contributed by atoms with Crippen LogP contribution in [-0.2, 0) is 0 Å². The van der Waals surface area contributed by atoms with Crippen LogP contribution in [0, 0.1) is 0 Å². The number of pyridine rings is 1. The third-order valence-electron chi connectivity index (χ3n) is 4.33. The molecule has 0 spiro atoms. The minimum Gasteiger partial charge on any atom is -0.341 e. The molecule has 3 rings (SSSR count). The molecule has 3 heterocycles. The van der Waals surface area contributed by atoms with Gasteiger partial charge in [-0.1, -0.05) is 30.9 Å². The highest BCUT2D eigenvalue weighted by Crippen LogP contribution is 2.32. The molecule has 2 aromatic heterocycles. The Bertz CT molecular complexity index is 734. The molecule has 0 amide bonds. The lowest BCUT2D eigenvalue weighted by atomic mass is 9.98. The van der Waals surface area contributed by atoms with Crippen molar-refractivity contribution in [3.63, 3.8) is 0 Å². The van der Waals surface area contributed by atoms with E-state index in [1.54, 1.807) is 0 Å². The number of nitrogens with zero attached hydrogens (tertiary/aromatic N) is 2. The molecule has 1 saturated heterocycles. The van der Waals surface area contributed by atoms with Gasteiger partial charge in [0.1, 0.15) is 5.82 Å². The number of aromatic nitrogens is 3. The quantitative estimate of drug-likeness (QED) is 0.816. The zero-order valence-corrected chi connectivity index (χ0v) is 14.1. The molecule has 1 aliphatic heterocycles. The first kappa shape index (κ1) is 16.4. The first-order valence-corrected chi connectivity index (χ1v) is 8.50. The highest BCUT2D eigenvalue weighted by molar-refractivity contribution is 5.82. The highest BCUT2D eigenvalue weighted by Gasteiger charge is 2.22. The third-order valence-corrected chi connectivity index (χ3v) is 4.33. The van der Waals surface area contributed by atoms with E-state index in [0.717, 1.165) is 54.3 Å². The average Bonchev–Trinajstić information content (AvgIpc) is 3.08. The smallest absolute Gasteiger partial charge is 0.110 e. The van der Waals surface area contributed by atoms with Gasteiger partial charge in [-0.05, 0) is 45.0 Å². The lowest BCUT2D eigenvalue weighted by Crippen LogP contribution is -2.27. The lowest BCUT2D eigenvalue weighted by Gasteiger charge is -2.20. The summed E-state index contributed by atoms with van der Waals surface area (Å²) in [4.78, 5) is 12.7. The first-order valence-electron chi connectivity index (χ1n) is 8.50. The summed E-state index contributed by atoms with van der Waals surface area (Å²) in [6.45, 7) is 7.96. The molecule has 4 heteroatoms. The van der Waals surface area contributed by atoms with Gasteiger partial charge in [0.15, 0.2) is 0 Å². The van der Waals surface area contributed by atoms with Crippen LogP contribution in [0.1, 0.15) is 37.2 Å². The van der Waals surface area contributed by atoms with Crippen LogP contribution in [0.5, 0.6) is 0 Å². The number of allylic oxidation sites excluding steroid dienone is 5. The monoisotopic (exact) mass is 320 g/mol. The van der Waals surface area contributed by atoms with E-state index < -0.39 is 0 Å². The molecule has 0 atom stereocenters. The molecular weight excluding hydrogens is 296 g/mol. The van der Waals surface area contributed by atoms with Crippen LogP contribution < -0.4 is 5.32 Å². The summed E-state index contributed by atoms with van der Waals surface area (Å²) in [6, 6.07) is 4.04. The molecule has 0 radical (unpaired) electrons. The number of H-pyrrole nitrogens is 1. The molecule has 24 heavy (non-hydrogen) atoms. The Morgan fingerprint density at radius 2 is 2.00 bits per heavy atom. The van der Waals surface area contributed by atoms with Crippen LogP contribution in [0.2, 0.25) is 0 Å². The van der Waals surface area contributed by atoms with Gasteiger partial charge in [0.25, 0.3) is 0 Å². The molecule has 2 N–H and O–H groups in total. The Labute approximate surface area is 143 Å². The van der Waals surface area contributed by atoms with E-state index >= 15 is 0 Å². The van der Waals surface area contributed by atoms with Crippen molar-refractivity contribution in [1.29, 1.82) is 0 Å². The Hall–Kier alpha value is -2.46. The van der Waals surface area contributed by atoms with E-state index in [0.29, 0.717) is 5.92 Å². The van der Waals surface area contributed by atoms with Crippen molar-refractivity contribution in [2.45, 2.75) is 25.7 Å². The van der Waals surface area contributed by atoms with Gasteiger partial charge < -0.3 is 10.3 Å². The van der Waals surface area contributed by atoms with Gasteiger partial charge in [0.05, 0.1) is 11.4 Å². The van der Waals surface area contributed by atoms with Gasteiger partial charge in [-0.3, -0.25) is 4.98 Å². The van der Waals surface area contributed by atoms with Crippen LogP contribution in [0.3, 0.4) is 0 Å². The van der Waals surface area contributed by atoms with Crippen LogP contribution in [-0.4, -0.2) is 28.0 Å². The third kappa shape index (κ3) is 3.54. The summed E-state index contributed by atoms with van der Waals surface area (Å²) in [5.41, 5.74) is 4.20. The van der Waals surface area contributed by atoms with Crippen molar-refractivity contribution in [1.82, 2.24) is 20.3 Å². The van der Waals surface area contributed by atoms with Crippen LogP contribution in [0.25, 0.3) is 16.8 Å². The van der Waals surface area contributed by atoms with Crippen molar-refractivity contribution in [2.75, 3.05) is 13.1 Å². The van der Waals surface area contributed by atoms with Gasteiger partial charge >= 0.3 is 0 Å². The van der Waals surface area contributed by atoms with Gasteiger partial charge in [-0.15, -0.1) is 0 Å². The number of nitrogens with one attached hydrogen (secondary N) is 2. The maximum atomic E-state index is 4.98. The minimum atomic E-state index is 0.483. The summed E-state index contributed by atoms with van der Waals surface area (Å²) in [7, 11) is 0. The molecular formula is C20H24N4. The van der Waals surface area contributed by atoms with Crippen molar-refractivity contribution in [3.05, 3.63) is 66.9 Å². The van der Waals surface area contributed by atoms with E-state index in [9.17, 15) is 0 Å². The Balaban J connectivity index is 2.09. The molecule has 0 bridgehead atoms.